The predicted octanol–water partition coefficient (Wildman–Crippen LogP) is 0.853. The number of hydrazone groups is 1. The molecule has 0 radical (unpaired) electrons. The average molecular weight is 290 g/mol. The van der Waals surface area contributed by atoms with E-state index in [1.165, 1.54) is 12.1 Å². The molecular weight excluding hydrogens is 276 g/mol. The smallest absolute Gasteiger partial charge is 0.414 e. The van der Waals surface area contributed by atoms with Gasteiger partial charge < -0.3 is 21.0 Å². The molecule has 0 saturated heterocycles. The highest BCUT2D eigenvalue weighted by Crippen LogP contribution is 2.18. The van der Waals surface area contributed by atoms with E-state index < -0.39 is 17.8 Å². The van der Waals surface area contributed by atoms with Gasteiger partial charge in [-0.25, -0.2) is 4.79 Å². The molecule has 0 aromatic heterocycles. The number of carbonyl (C=O) groups is 2. The summed E-state index contributed by atoms with van der Waals surface area (Å²) >= 11 is 0. The van der Waals surface area contributed by atoms with Gasteiger partial charge in [-0.2, -0.15) is 5.26 Å². The molecule has 0 unspecified atom stereocenters. The van der Waals surface area contributed by atoms with Crippen LogP contribution in [0.25, 0.3) is 0 Å². The molecule has 110 valence electrons. The van der Waals surface area contributed by atoms with Crippen molar-refractivity contribution < 1.29 is 19.4 Å². The van der Waals surface area contributed by atoms with Gasteiger partial charge in [0.15, 0.2) is 0 Å². The van der Waals surface area contributed by atoms with Crippen molar-refractivity contribution in [3.05, 3.63) is 29.3 Å². The van der Waals surface area contributed by atoms with Crippen LogP contribution in [0.15, 0.2) is 23.3 Å². The lowest BCUT2D eigenvalue weighted by atomic mass is 10.1. The molecule has 8 nitrogen and oxygen atoms in total. The number of aromatic hydroxyl groups is 1. The van der Waals surface area contributed by atoms with Crippen molar-refractivity contribution in [2.75, 3.05) is 0 Å². The number of nitrogens with one attached hydrogen (secondary N) is 1. The highest BCUT2D eigenvalue weighted by atomic mass is 16.6. The van der Waals surface area contributed by atoms with Crippen LogP contribution in [-0.4, -0.2) is 28.9 Å². The third kappa shape index (κ3) is 4.21. The molecule has 0 aliphatic heterocycles. The Balaban J connectivity index is 2.95. The van der Waals surface area contributed by atoms with Gasteiger partial charge in [0.05, 0.1) is 5.56 Å². The van der Waals surface area contributed by atoms with Crippen LogP contribution >= 0.6 is 0 Å². The van der Waals surface area contributed by atoms with Crippen LogP contribution in [0, 0.1) is 11.3 Å². The number of ketones is 1. The van der Waals surface area contributed by atoms with Crippen molar-refractivity contribution in [2.45, 2.75) is 19.9 Å². The van der Waals surface area contributed by atoms with Gasteiger partial charge in [0.1, 0.15) is 11.8 Å². The summed E-state index contributed by atoms with van der Waals surface area (Å²) in [7, 11) is 0. The largest absolute Gasteiger partial charge is 0.507 e. The Morgan fingerprint density at radius 3 is 2.67 bits per heavy atom. The zero-order valence-electron chi connectivity index (χ0n) is 11.5. The lowest BCUT2D eigenvalue weighted by Crippen LogP contribution is -2.34. The summed E-state index contributed by atoms with van der Waals surface area (Å²) in [6, 6.07) is 5.11. The third-order valence-corrected chi connectivity index (χ3v) is 2.29. The second-order valence-electron chi connectivity index (χ2n) is 4.30. The molecule has 0 aliphatic carbocycles. The molecule has 1 amide bonds. The standard InChI is InChI=1S/C13H14N4O4/c1-7(2)16-13(20)21-12(17-15)11(19)8-3-4-10(18)9(5-8)6-14/h3-5,7,18H,15H2,1-2H3,(H,16,20). The normalized spacial score (nSPS) is 10.9. The van der Waals surface area contributed by atoms with Crippen molar-refractivity contribution in [2.24, 2.45) is 10.9 Å². The van der Waals surface area contributed by atoms with Crippen LogP contribution in [0.3, 0.4) is 0 Å². The molecule has 1 aromatic carbocycles. The highest BCUT2D eigenvalue weighted by Gasteiger charge is 2.20. The van der Waals surface area contributed by atoms with Crippen molar-refractivity contribution in [3.8, 4) is 11.8 Å². The molecule has 1 aromatic rings. The van der Waals surface area contributed by atoms with Crippen LogP contribution in [-0.2, 0) is 4.74 Å². The van der Waals surface area contributed by atoms with Gasteiger partial charge >= 0.3 is 6.09 Å². The van der Waals surface area contributed by atoms with E-state index in [4.69, 9.17) is 15.8 Å². The summed E-state index contributed by atoms with van der Waals surface area (Å²) in [6.45, 7) is 3.42. The Bertz CT molecular complexity index is 632. The van der Waals surface area contributed by atoms with E-state index in [-0.39, 0.29) is 22.9 Å². The first-order valence-corrected chi connectivity index (χ1v) is 5.93. The number of phenols is 1. The topological polar surface area (TPSA) is 138 Å². The molecule has 0 heterocycles. The molecule has 4 N–H and O–H groups in total. The Morgan fingerprint density at radius 1 is 1.48 bits per heavy atom. The molecule has 8 heteroatoms. The van der Waals surface area contributed by atoms with Gasteiger partial charge in [-0.3, -0.25) is 4.79 Å². The minimum atomic E-state index is -0.873. The molecule has 0 saturated carbocycles. The number of rotatable bonds is 3. The fourth-order valence-electron chi connectivity index (χ4n) is 1.37. The average Bonchev–Trinajstić information content (AvgIpc) is 2.43. The number of carbonyl (C=O) groups excluding carboxylic acids is 2. The minimum absolute atomic E-state index is 0.00546. The maximum atomic E-state index is 12.1. The van der Waals surface area contributed by atoms with Crippen LogP contribution < -0.4 is 11.2 Å². The number of benzene rings is 1. The summed E-state index contributed by atoms with van der Waals surface area (Å²) < 4.78 is 4.71. The van der Waals surface area contributed by atoms with E-state index in [1.807, 2.05) is 0 Å². The lowest BCUT2D eigenvalue weighted by molar-refractivity contribution is 0.103. The highest BCUT2D eigenvalue weighted by molar-refractivity contribution is 6.44. The molecule has 0 spiro atoms. The number of alkyl carbamates (subject to hydrolysis) is 1. The molecule has 0 atom stereocenters. The maximum Gasteiger partial charge on any atom is 0.414 e. The van der Waals surface area contributed by atoms with E-state index in [2.05, 4.69) is 10.4 Å². The number of hydrogen-bond acceptors (Lipinski definition) is 7. The van der Waals surface area contributed by atoms with Gasteiger partial charge in [0.2, 0.25) is 5.78 Å². The summed E-state index contributed by atoms with van der Waals surface area (Å²) in [6.07, 6.45) is -0.873. The first-order valence-electron chi connectivity index (χ1n) is 5.93. The summed E-state index contributed by atoms with van der Waals surface area (Å²) in [4.78, 5) is 23.5. The van der Waals surface area contributed by atoms with Crippen LogP contribution in [0.2, 0.25) is 0 Å². The van der Waals surface area contributed by atoms with Crippen molar-refractivity contribution in [1.29, 1.82) is 5.26 Å². The summed E-state index contributed by atoms with van der Waals surface area (Å²) in [5.74, 6) is 3.37. The van der Waals surface area contributed by atoms with E-state index >= 15 is 0 Å². The number of nitrogens with two attached hydrogens (primary N) is 1. The Kier molecular flexibility index (Phi) is 5.25. The van der Waals surface area contributed by atoms with Crippen LogP contribution in [0.5, 0.6) is 5.75 Å². The second-order valence-corrected chi connectivity index (χ2v) is 4.30. The van der Waals surface area contributed by atoms with Gasteiger partial charge in [0.25, 0.3) is 5.90 Å². The van der Waals surface area contributed by atoms with Crippen molar-refractivity contribution >= 4 is 17.8 Å². The third-order valence-electron chi connectivity index (χ3n) is 2.29. The van der Waals surface area contributed by atoms with Crippen molar-refractivity contribution in [1.82, 2.24) is 5.32 Å². The van der Waals surface area contributed by atoms with Crippen LogP contribution in [0.1, 0.15) is 29.8 Å². The number of nitriles is 1. The minimum Gasteiger partial charge on any atom is -0.507 e. The summed E-state index contributed by atoms with van der Waals surface area (Å²) in [5.41, 5.74) is -0.0882. The van der Waals surface area contributed by atoms with E-state index in [0.29, 0.717) is 0 Å². The number of amides is 1. The number of phenolic OH excluding ortho intramolecular Hbond substituents is 1. The summed E-state index contributed by atoms with van der Waals surface area (Å²) in [5, 5.41) is 23.7. The lowest BCUT2D eigenvalue weighted by Gasteiger charge is -2.09. The monoisotopic (exact) mass is 290 g/mol. The Hall–Kier alpha value is -3.08. The van der Waals surface area contributed by atoms with Gasteiger partial charge in [-0.1, -0.05) is 0 Å². The number of hydrogen-bond donors (Lipinski definition) is 3. The van der Waals surface area contributed by atoms with Crippen LogP contribution in [0.4, 0.5) is 4.79 Å². The van der Waals surface area contributed by atoms with Gasteiger partial charge in [-0.15, -0.1) is 5.10 Å². The fourth-order valence-corrected chi connectivity index (χ4v) is 1.37. The Labute approximate surface area is 120 Å². The van der Waals surface area contributed by atoms with Gasteiger partial charge in [0, 0.05) is 11.6 Å². The maximum absolute atomic E-state index is 12.1. The molecule has 0 bridgehead atoms. The Morgan fingerprint density at radius 2 is 2.14 bits per heavy atom. The molecule has 0 aliphatic rings. The quantitative estimate of drug-likeness (QED) is 0.248. The number of ether oxygens (including phenoxy) is 1. The first kappa shape index (κ1) is 16.0. The molecule has 21 heavy (non-hydrogen) atoms. The molecule has 1 rings (SSSR count). The zero-order valence-corrected chi connectivity index (χ0v) is 11.5. The van der Waals surface area contributed by atoms with Crippen molar-refractivity contribution in [3.63, 3.8) is 0 Å². The predicted molar refractivity (Wildman–Crippen MR) is 73.5 cm³/mol. The van der Waals surface area contributed by atoms with E-state index in [9.17, 15) is 14.7 Å². The zero-order chi connectivity index (χ0) is 16.0. The first-order chi connectivity index (χ1) is 9.88. The van der Waals surface area contributed by atoms with E-state index in [1.54, 1.807) is 19.9 Å². The second kappa shape index (κ2) is 6.91. The number of nitrogens with zero attached hydrogens (tertiary/aromatic N) is 2. The fraction of sp³-hybridized carbons (Fsp3) is 0.231. The molecule has 0 fully saturated rings. The van der Waals surface area contributed by atoms with E-state index in [0.717, 1.165) is 6.07 Å². The number of Topliss-reactive ketones (excluding diaryl/α,β-unsaturated/α-hetero) is 1. The van der Waals surface area contributed by atoms with Gasteiger partial charge in [-0.05, 0) is 32.0 Å². The SMILES string of the molecule is CC(C)NC(=O)OC(=NN)C(=O)c1ccc(O)c(C#N)c1. The molecular formula is C13H14N4O4.